The first-order valence-corrected chi connectivity index (χ1v) is 25.9. The molecule has 0 saturated carbocycles. The summed E-state index contributed by atoms with van der Waals surface area (Å²) >= 11 is 6.05. The van der Waals surface area contributed by atoms with Crippen LogP contribution in [0.5, 0.6) is 11.5 Å². The van der Waals surface area contributed by atoms with E-state index in [1.54, 1.807) is 24.3 Å². The second-order valence-electron chi connectivity index (χ2n) is 19.2. The molecule has 0 aliphatic carbocycles. The van der Waals surface area contributed by atoms with Crippen molar-refractivity contribution < 1.29 is 63.3 Å². The molecule has 19 N–H and O–H groups in total. The fourth-order valence-corrected chi connectivity index (χ4v) is 8.45. The summed E-state index contributed by atoms with van der Waals surface area (Å²) in [5.74, 6) is -10.4. The molecule has 1 aliphatic heterocycles. The maximum atomic E-state index is 14.7. The number of primary amides is 2. The molecule has 1 heterocycles. The number of hydrogen-bond donors (Lipinski definition) is 15. The molecule has 4 aromatic carbocycles. The Bertz CT molecular complexity index is 2840. The van der Waals surface area contributed by atoms with Crippen molar-refractivity contribution in [3.05, 3.63) is 130 Å². The summed E-state index contributed by atoms with van der Waals surface area (Å²) in [6, 6.07) is 10.3. The number of carbonyl (C=O) groups excluding carboxylic acids is 10. The van der Waals surface area contributed by atoms with E-state index >= 15 is 0 Å². The standard InChI is InChI=1S/C54H67ClN12O13/c1-28(68)45-54(80)65-42(52(78)62-39(47(59)73)23-31-9-17-35(69)18-10-31)26-44(71)60-27-43(66-48(74)37(57)22-29-7-15-34(55)16-8-29)53(79)64-41(25-32-11-19-36(70)20-12-32)51(77)63-40(24-30-5-13-33(14-6-30)46(58)72)50(76)61-38(49(75)67-45)4-2-3-21-56/h5-20,28,37-43,45,68-70H,2-4,21-27,56-57H2,1H3,(H2,58,72)(H2,59,73)(H,60,71)(H,61,76)(H,62,78)(H,63,77)(H,64,79)(H,65,80)(H,66,74)(H,67,75)/t28?,37-,38-,39+,40+,41-,42-,43+,45?/m0/s1. The van der Waals surface area contributed by atoms with E-state index < -0.39 is 126 Å². The van der Waals surface area contributed by atoms with E-state index in [-0.39, 0.29) is 62.1 Å². The summed E-state index contributed by atoms with van der Waals surface area (Å²) in [4.78, 5) is 139. The first-order chi connectivity index (χ1) is 38.0. The van der Waals surface area contributed by atoms with Crippen molar-refractivity contribution in [2.75, 3.05) is 13.1 Å². The van der Waals surface area contributed by atoms with E-state index in [0.29, 0.717) is 33.7 Å². The van der Waals surface area contributed by atoms with E-state index in [9.17, 15) is 63.3 Å². The van der Waals surface area contributed by atoms with Crippen LogP contribution in [0.25, 0.3) is 0 Å². The van der Waals surface area contributed by atoms with Crippen LogP contribution in [0, 0.1) is 0 Å². The quantitative estimate of drug-likeness (QED) is 0.0427. The van der Waals surface area contributed by atoms with E-state index in [2.05, 4.69) is 42.5 Å². The van der Waals surface area contributed by atoms with Crippen LogP contribution in [0.15, 0.2) is 97.1 Å². The third-order valence-electron chi connectivity index (χ3n) is 12.9. The van der Waals surface area contributed by atoms with Gasteiger partial charge < -0.3 is 80.8 Å². The molecule has 9 atom stereocenters. The highest BCUT2D eigenvalue weighted by molar-refractivity contribution is 6.30. The predicted molar refractivity (Wildman–Crippen MR) is 290 cm³/mol. The Morgan fingerprint density at radius 2 is 1.15 bits per heavy atom. The Balaban J connectivity index is 1.60. The summed E-state index contributed by atoms with van der Waals surface area (Å²) in [5.41, 5.74) is 25.1. The summed E-state index contributed by atoms with van der Waals surface area (Å²) in [7, 11) is 0. The first kappa shape index (κ1) is 62.2. The maximum Gasteiger partial charge on any atom is 0.248 e. The van der Waals surface area contributed by atoms with Gasteiger partial charge in [0.1, 0.15) is 53.8 Å². The zero-order chi connectivity index (χ0) is 58.6. The average molecular weight is 1130 g/mol. The van der Waals surface area contributed by atoms with E-state index in [0.717, 1.165) is 6.92 Å². The Kier molecular flexibility index (Phi) is 23.3. The van der Waals surface area contributed by atoms with Gasteiger partial charge in [-0.2, -0.15) is 0 Å². The van der Waals surface area contributed by atoms with Gasteiger partial charge in [0, 0.05) is 36.4 Å². The van der Waals surface area contributed by atoms with Gasteiger partial charge in [0.15, 0.2) is 0 Å². The van der Waals surface area contributed by atoms with Gasteiger partial charge in [0.05, 0.1) is 18.6 Å². The number of carbonyl (C=O) groups is 10. The van der Waals surface area contributed by atoms with Crippen molar-refractivity contribution >= 4 is 70.7 Å². The molecule has 428 valence electrons. The third kappa shape index (κ3) is 19.4. The fourth-order valence-electron chi connectivity index (χ4n) is 8.33. The minimum Gasteiger partial charge on any atom is -0.508 e. The van der Waals surface area contributed by atoms with Gasteiger partial charge >= 0.3 is 0 Å². The van der Waals surface area contributed by atoms with Crippen molar-refractivity contribution in [2.24, 2.45) is 22.9 Å². The average Bonchev–Trinajstić information content (AvgIpc) is 3.43. The SMILES string of the molecule is CC(O)C1NC(=O)[C@H](CCCCN)NC(=O)[C@@H](Cc2ccc(C(N)=O)cc2)NC(=O)[C@H](Cc2ccc(O)cc2)NC(=O)[C@H](NC(=O)[C@@H](N)Cc2ccc(Cl)cc2)CNC(=O)C[C@@H](C(=O)N[C@H](Cc2ccc(O)cc2)C(N)=O)NC1=O. The summed E-state index contributed by atoms with van der Waals surface area (Å²) < 4.78 is 0. The van der Waals surface area contributed by atoms with Gasteiger partial charge in [-0.1, -0.05) is 60.1 Å². The Hall–Kier alpha value is -8.65. The van der Waals surface area contributed by atoms with Crippen LogP contribution in [-0.2, 0) is 68.8 Å². The van der Waals surface area contributed by atoms with Gasteiger partial charge in [0.2, 0.25) is 59.1 Å². The van der Waals surface area contributed by atoms with E-state index in [4.69, 9.17) is 34.5 Å². The van der Waals surface area contributed by atoms with Gasteiger partial charge in [-0.15, -0.1) is 0 Å². The van der Waals surface area contributed by atoms with Crippen LogP contribution in [0.3, 0.4) is 0 Å². The number of amides is 10. The number of aromatic hydroxyl groups is 2. The monoisotopic (exact) mass is 1130 g/mol. The number of nitrogens with two attached hydrogens (primary N) is 4. The molecule has 4 aromatic rings. The largest absolute Gasteiger partial charge is 0.508 e. The van der Waals surface area contributed by atoms with Crippen molar-refractivity contribution in [3.63, 3.8) is 0 Å². The number of hydrogen-bond acceptors (Lipinski definition) is 15. The third-order valence-corrected chi connectivity index (χ3v) is 13.1. The number of unbranched alkanes of at least 4 members (excludes halogenated alkanes) is 1. The second kappa shape index (κ2) is 29.9. The maximum absolute atomic E-state index is 14.7. The van der Waals surface area contributed by atoms with Gasteiger partial charge in [0.25, 0.3) is 0 Å². The number of phenols is 2. The number of aliphatic hydroxyl groups excluding tert-OH is 1. The minimum atomic E-state index is -1.92. The molecule has 1 fully saturated rings. The highest BCUT2D eigenvalue weighted by Gasteiger charge is 2.37. The number of aliphatic hydroxyl groups is 1. The number of benzene rings is 4. The lowest BCUT2D eigenvalue weighted by molar-refractivity contribution is -0.138. The summed E-state index contributed by atoms with van der Waals surface area (Å²) in [5, 5.41) is 51.3. The molecule has 5 rings (SSSR count). The fraction of sp³-hybridized carbons (Fsp3) is 0.370. The minimum absolute atomic E-state index is 0.0540. The molecule has 0 aromatic heterocycles. The number of rotatable bonds is 19. The lowest BCUT2D eigenvalue weighted by Crippen LogP contribution is -2.63. The smallest absolute Gasteiger partial charge is 0.248 e. The molecule has 25 nitrogen and oxygen atoms in total. The van der Waals surface area contributed by atoms with Crippen LogP contribution >= 0.6 is 11.6 Å². The lowest BCUT2D eigenvalue weighted by atomic mass is 10.00. The van der Waals surface area contributed by atoms with E-state index in [1.165, 1.54) is 72.8 Å². The van der Waals surface area contributed by atoms with Crippen LogP contribution in [0.2, 0.25) is 5.02 Å². The molecule has 0 bridgehead atoms. The number of nitrogens with one attached hydrogen (secondary N) is 8. The second-order valence-corrected chi connectivity index (χ2v) is 19.7. The number of halogens is 1. The molecular formula is C54H67ClN12O13. The van der Waals surface area contributed by atoms with Gasteiger partial charge in [-0.3, -0.25) is 47.9 Å². The summed E-state index contributed by atoms with van der Waals surface area (Å²) in [6.07, 6.45) is -3.04. The van der Waals surface area contributed by atoms with Crippen molar-refractivity contribution in [3.8, 4) is 11.5 Å². The molecule has 0 spiro atoms. The van der Waals surface area contributed by atoms with Crippen LogP contribution in [0.4, 0.5) is 0 Å². The normalized spacial score (nSPS) is 20.9. The molecule has 1 saturated heterocycles. The first-order valence-electron chi connectivity index (χ1n) is 25.5. The molecule has 2 unspecified atom stereocenters. The Labute approximate surface area is 465 Å². The molecule has 26 heteroatoms. The highest BCUT2D eigenvalue weighted by Crippen LogP contribution is 2.16. The molecule has 1 aliphatic rings. The van der Waals surface area contributed by atoms with Crippen molar-refractivity contribution in [1.82, 2.24) is 42.5 Å². The lowest BCUT2D eigenvalue weighted by Gasteiger charge is -2.29. The molecule has 80 heavy (non-hydrogen) atoms. The van der Waals surface area contributed by atoms with Crippen LogP contribution < -0.4 is 65.5 Å². The van der Waals surface area contributed by atoms with Crippen LogP contribution in [0.1, 0.15) is 65.2 Å². The zero-order valence-corrected chi connectivity index (χ0v) is 44.4. The molecule has 0 radical (unpaired) electrons. The van der Waals surface area contributed by atoms with Crippen LogP contribution in [-0.4, -0.2) is 142 Å². The van der Waals surface area contributed by atoms with Gasteiger partial charge in [-0.05, 0) is 110 Å². The summed E-state index contributed by atoms with van der Waals surface area (Å²) in [6.45, 7) is 0.561. The predicted octanol–water partition coefficient (Wildman–Crippen LogP) is -2.64. The zero-order valence-electron chi connectivity index (χ0n) is 43.6. The van der Waals surface area contributed by atoms with Crippen molar-refractivity contribution in [1.29, 1.82) is 0 Å². The number of phenolic OH excluding ortho intramolecular Hbond substituents is 2. The highest BCUT2D eigenvalue weighted by atomic mass is 35.5. The van der Waals surface area contributed by atoms with E-state index in [1.807, 2.05) is 0 Å². The topological polar surface area (TPSA) is 432 Å². The Morgan fingerprint density at radius 1 is 0.650 bits per heavy atom. The Morgan fingerprint density at radius 3 is 1.69 bits per heavy atom. The van der Waals surface area contributed by atoms with Crippen molar-refractivity contribution in [2.45, 2.75) is 113 Å². The van der Waals surface area contributed by atoms with Gasteiger partial charge in [-0.25, -0.2) is 0 Å². The molecule has 10 amide bonds. The molecular weight excluding hydrogens is 1060 g/mol.